The van der Waals surface area contributed by atoms with Crippen LogP contribution in [0.5, 0.6) is 0 Å². The highest BCUT2D eigenvalue weighted by molar-refractivity contribution is 6.05. The maximum absolute atomic E-state index is 12.2. The minimum atomic E-state index is -0.332. The van der Waals surface area contributed by atoms with E-state index < -0.39 is 0 Å². The molecule has 116 valence electrons. The van der Waals surface area contributed by atoms with E-state index in [0.29, 0.717) is 29.6 Å². The Hall–Kier alpha value is -2.63. The van der Waals surface area contributed by atoms with Gasteiger partial charge in [0, 0.05) is 36.0 Å². The maximum Gasteiger partial charge on any atom is 0.252 e. The van der Waals surface area contributed by atoms with Crippen molar-refractivity contribution in [1.82, 2.24) is 15.6 Å². The molecule has 0 bridgehead atoms. The number of carbonyl (C=O) groups is 2. The minimum absolute atomic E-state index is 0.0594. The highest BCUT2D eigenvalue weighted by atomic mass is 16.2. The summed E-state index contributed by atoms with van der Waals surface area (Å²) in [6, 6.07) is 8.41. The SMILES string of the molecule is CC(C)C(=O)NCCNC(=O)c1cc(=O)[nH]c2ccccc12. The highest BCUT2D eigenvalue weighted by Crippen LogP contribution is 2.14. The number of para-hydroxylation sites is 1. The Morgan fingerprint density at radius 3 is 2.55 bits per heavy atom. The van der Waals surface area contributed by atoms with Crippen molar-refractivity contribution in [3.05, 3.63) is 46.2 Å². The van der Waals surface area contributed by atoms with Gasteiger partial charge in [-0.15, -0.1) is 0 Å². The zero-order valence-electron chi connectivity index (χ0n) is 12.6. The van der Waals surface area contributed by atoms with E-state index in [9.17, 15) is 14.4 Å². The largest absolute Gasteiger partial charge is 0.354 e. The van der Waals surface area contributed by atoms with E-state index in [1.54, 1.807) is 38.1 Å². The molecule has 1 heterocycles. The van der Waals surface area contributed by atoms with Crippen LogP contribution < -0.4 is 16.2 Å². The Kier molecular flexibility index (Phi) is 4.93. The Morgan fingerprint density at radius 1 is 1.14 bits per heavy atom. The van der Waals surface area contributed by atoms with Gasteiger partial charge in [-0.3, -0.25) is 14.4 Å². The normalized spacial score (nSPS) is 10.7. The van der Waals surface area contributed by atoms with Gasteiger partial charge in [-0.25, -0.2) is 0 Å². The molecule has 0 fully saturated rings. The van der Waals surface area contributed by atoms with Gasteiger partial charge in [0.05, 0.1) is 5.56 Å². The van der Waals surface area contributed by atoms with Gasteiger partial charge in [-0.2, -0.15) is 0 Å². The lowest BCUT2D eigenvalue weighted by molar-refractivity contribution is -0.123. The van der Waals surface area contributed by atoms with E-state index in [-0.39, 0.29) is 23.3 Å². The molecule has 1 aromatic carbocycles. The summed E-state index contributed by atoms with van der Waals surface area (Å²) in [7, 11) is 0. The van der Waals surface area contributed by atoms with Crippen LogP contribution in [0.4, 0.5) is 0 Å². The van der Waals surface area contributed by atoms with Crippen LogP contribution in [0.2, 0.25) is 0 Å². The molecule has 2 amide bonds. The van der Waals surface area contributed by atoms with Crippen molar-refractivity contribution in [2.45, 2.75) is 13.8 Å². The van der Waals surface area contributed by atoms with Crippen LogP contribution in [0, 0.1) is 5.92 Å². The first kappa shape index (κ1) is 15.8. The van der Waals surface area contributed by atoms with Crippen molar-refractivity contribution < 1.29 is 9.59 Å². The molecule has 6 heteroatoms. The molecule has 22 heavy (non-hydrogen) atoms. The standard InChI is InChI=1S/C16H19N3O3/c1-10(2)15(21)17-7-8-18-16(22)12-9-14(20)19-13-6-4-3-5-11(12)13/h3-6,9-10H,7-8H2,1-2H3,(H,17,21)(H,18,22)(H,19,20). The Bertz CT molecular complexity index is 750. The third kappa shape index (κ3) is 3.72. The van der Waals surface area contributed by atoms with Crippen molar-refractivity contribution in [2.75, 3.05) is 13.1 Å². The molecule has 0 unspecified atom stereocenters. The van der Waals surface area contributed by atoms with E-state index in [4.69, 9.17) is 0 Å². The third-order valence-electron chi connectivity index (χ3n) is 3.23. The lowest BCUT2D eigenvalue weighted by Crippen LogP contribution is -2.36. The summed E-state index contributed by atoms with van der Waals surface area (Å²) in [5.41, 5.74) is 0.625. The van der Waals surface area contributed by atoms with E-state index in [1.807, 2.05) is 0 Å². The molecule has 0 aliphatic heterocycles. The van der Waals surface area contributed by atoms with Crippen LogP contribution >= 0.6 is 0 Å². The van der Waals surface area contributed by atoms with Crippen molar-refractivity contribution in [3.63, 3.8) is 0 Å². The molecule has 0 atom stereocenters. The molecule has 0 saturated carbocycles. The predicted octanol–water partition coefficient (Wildman–Crippen LogP) is 1.03. The predicted molar refractivity (Wildman–Crippen MR) is 84.7 cm³/mol. The summed E-state index contributed by atoms with van der Waals surface area (Å²) in [5.74, 6) is -0.482. The van der Waals surface area contributed by atoms with Gasteiger partial charge in [-0.1, -0.05) is 32.0 Å². The summed E-state index contributed by atoms with van der Waals surface area (Å²) < 4.78 is 0. The van der Waals surface area contributed by atoms with Crippen molar-refractivity contribution >= 4 is 22.7 Å². The number of fused-ring (bicyclic) bond motifs is 1. The molecule has 0 aliphatic rings. The first-order chi connectivity index (χ1) is 10.5. The van der Waals surface area contributed by atoms with E-state index in [0.717, 1.165) is 0 Å². The monoisotopic (exact) mass is 301 g/mol. The smallest absolute Gasteiger partial charge is 0.252 e. The zero-order valence-corrected chi connectivity index (χ0v) is 12.6. The summed E-state index contributed by atoms with van der Waals surface area (Å²) in [6.45, 7) is 4.26. The molecule has 2 aromatic rings. The lowest BCUT2D eigenvalue weighted by Gasteiger charge is -2.10. The fourth-order valence-corrected chi connectivity index (χ4v) is 2.05. The molecular formula is C16H19N3O3. The topological polar surface area (TPSA) is 91.1 Å². The number of H-pyrrole nitrogens is 1. The Morgan fingerprint density at radius 2 is 1.82 bits per heavy atom. The van der Waals surface area contributed by atoms with Gasteiger partial charge in [0.25, 0.3) is 5.91 Å². The lowest BCUT2D eigenvalue weighted by atomic mass is 10.1. The summed E-state index contributed by atoms with van der Waals surface area (Å²) in [5, 5.41) is 6.11. The molecule has 0 saturated heterocycles. The molecule has 6 nitrogen and oxygen atoms in total. The number of benzene rings is 1. The van der Waals surface area contributed by atoms with E-state index in [1.165, 1.54) is 6.07 Å². The number of rotatable bonds is 5. The third-order valence-corrected chi connectivity index (χ3v) is 3.23. The van der Waals surface area contributed by atoms with Gasteiger partial charge in [0.15, 0.2) is 0 Å². The highest BCUT2D eigenvalue weighted by Gasteiger charge is 2.11. The average molecular weight is 301 g/mol. The summed E-state index contributed by atoms with van der Waals surface area (Å²) in [6.07, 6.45) is 0. The fourth-order valence-electron chi connectivity index (χ4n) is 2.05. The number of aromatic nitrogens is 1. The number of nitrogens with one attached hydrogen (secondary N) is 3. The van der Waals surface area contributed by atoms with E-state index in [2.05, 4.69) is 15.6 Å². The number of amides is 2. The van der Waals surface area contributed by atoms with Gasteiger partial charge < -0.3 is 15.6 Å². The van der Waals surface area contributed by atoms with Crippen LogP contribution in [0.3, 0.4) is 0 Å². The second-order valence-electron chi connectivity index (χ2n) is 5.29. The minimum Gasteiger partial charge on any atom is -0.354 e. The maximum atomic E-state index is 12.2. The fraction of sp³-hybridized carbons (Fsp3) is 0.312. The Balaban J connectivity index is 2.04. The first-order valence-corrected chi connectivity index (χ1v) is 7.17. The van der Waals surface area contributed by atoms with Gasteiger partial charge >= 0.3 is 0 Å². The van der Waals surface area contributed by atoms with Crippen molar-refractivity contribution in [3.8, 4) is 0 Å². The second kappa shape index (κ2) is 6.89. The van der Waals surface area contributed by atoms with Gasteiger partial charge in [0.2, 0.25) is 11.5 Å². The molecule has 1 aromatic heterocycles. The van der Waals surface area contributed by atoms with E-state index >= 15 is 0 Å². The molecule has 0 aliphatic carbocycles. The number of aromatic amines is 1. The van der Waals surface area contributed by atoms with Crippen molar-refractivity contribution in [2.24, 2.45) is 5.92 Å². The van der Waals surface area contributed by atoms with Crippen LogP contribution in [0.15, 0.2) is 35.1 Å². The molecule has 3 N–H and O–H groups in total. The van der Waals surface area contributed by atoms with Crippen molar-refractivity contribution in [1.29, 1.82) is 0 Å². The number of hydrogen-bond acceptors (Lipinski definition) is 3. The second-order valence-corrected chi connectivity index (χ2v) is 5.29. The quantitative estimate of drug-likeness (QED) is 0.720. The van der Waals surface area contributed by atoms with Gasteiger partial charge in [-0.05, 0) is 6.07 Å². The molecular weight excluding hydrogens is 282 g/mol. The summed E-state index contributed by atoms with van der Waals surface area (Å²) in [4.78, 5) is 37.9. The van der Waals surface area contributed by atoms with Gasteiger partial charge in [0.1, 0.15) is 0 Å². The molecule has 0 spiro atoms. The van der Waals surface area contributed by atoms with Crippen LogP contribution in [-0.4, -0.2) is 29.9 Å². The van der Waals surface area contributed by atoms with Crippen LogP contribution in [0.25, 0.3) is 10.9 Å². The van der Waals surface area contributed by atoms with Crippen LogP contribution in [0.1, 0.15) is 24.2 Å². The zero-order chi connectivity index (χ0) is 16.1. The van der Waals surface area contributed by atoms with Crippen LogP contribution in [-0.2, 0) is 4.79 Å². The Labute approximate surface area is 127 Å². The summed E-state index contributed by atoms with van der Waals surface area (Å²) >= 11 is 0. The average Bonchev–Trinajstić information content (AvgIpc) is 2.50. The molecule has 0 radical (unpaired) electrons. The molecule has 2 rings (SSSR count). The number of carbonyl (C=O) groups excluding carboxylic acids is 2. The number of pyridine rings is 1. The number of hydrogen-bond donors (Lipinski definition) is 3. The first-order valence-electron chi connectivity index (χ1n) is 7.17.